The Balaban J connectivity index is 0.00000289. The third-order valence-corrected chi connectivity index (χ3v) is 4.94. The van der Waals surface area contributed by atoms with Crippen molar-refractivity contribution in [3.63, 3.8) is 0 Å². The minimum atomic E-state index is -0.428. The van der Waals surface area contributed by atoms with E-state index in [2.05, 4.69) is 5.32 Å². The van der Waals surface area contributed by atoms with Gasteiger partial charge in [0.2, 0.25) is 0 Å². The Morgan fingerprint density at radius 3 is 2.44 bits per heavy atom. The van der Waals surface area contributed by atoms with Crippen LogP contribution in [0.3, 0.4) is 0 Å². The second kappa shape index (κ2) is 10.7. The average Bonchev–Trinajstić information content (AvgIpc) is 3.16. The zero-order chi connectivity index (χ0) is 21.6. The maximum Gasteiger partial charge on any atom is 0.414 e. The molecule has 3 aromatic carbocycles. The van der Waals surface area contributed by atoms with Crippen molar-refractivity contribution in [2.75, 3.05) is 29.1 Å². The summed E-state index contributed by atoms with van der Waals surface area (Å²) in [6.07, 6.45) is -0.775. The number of hydrogen-bond donors (Lipinski definition) is 2. The van der Waals surface area contributed by atoms with Crippen molar-refractivity contribution in [1.29, 1.82) is 0 Å². The molecule has 3 N–H and O–H groups in total. The van der Waals surface area contributed by atoms with Crippen molar-refractivity contribution in [2.24, 2.45) is 0 Å². The number of para-hydroxylation sites is 2. The van der Waals surface area contributed by atoms with Gasteiger partial charge in [-0.15, -0.1) is 12.4 Å². The van der Waals surface area contributed by atoms with Crippen LogP contribution in [0.25, 0.3) is 0 Å². The first-order valence-electron chi connectivity index (χ1n) is 9.96. The van der Waals surface area contributed by atoms with Gasteiger partial charge in [-0.05, 0) is 42.0 Å². The smallest absolute Gasteiger partial charge is 0.414 e. The number of nitrogens with zero attached hydrogens (tertiary/aromatic N) is 1. The van der Waals surface area contributed by atoms with Crippen molar-refractivity contribution >= 4 is 41.5 Å². The fourth-order valence-electron chi connectivity index (χ4n) is 3.30. The summed E-state index contributed by atoms with van der Waals surface area (Å²) in [5, 5.41) is 2.78. The fourth-order valence-corrected chi connectivity index (χ4v) is 3.30. The molecule has 2 amide bonds. The average molecular weight is 454 g/mol. The molecule has 32 heavy (non-hydrogen) atoms. The lowest BCUT2D eigenvalue weighted by atomic mass is 10.1. The molecule has 0 aliphatic carbocycles. The summed E-state index contributed by atoms with van der Waals surface area (Å²) in [4.78, 5) is 26.3. The van der Waals surface area contributed by atoms with Crippen LogP contribution in [0.1, 0.15) is 15.9 Å². The minimum Gasteiger partial charge on any atom is -0.441 e. The van der Waals surface area contributed by atoms with E-state index in [9.17, 15) is 9.59 Å². The van der Waals surface area contributed by atoms with Crippen LogP contribution < -0.4 is 16.0 Å². The highest BCUT2D eigenvalue weighted by Crippen LogP contribution is 2.23. The Hall–Kier alpha value is -3.55. The predicted octanol–water partition coefficient (Wildman–Crippen LogP) is 4.48. The predicted molar refractivity (Wildman–Crippen MR) is 126 cm³/mol. The highest BCUT2D eigenvalue weighted by Gasteiger charge is 2.32. The van der Waals surface area contributed by atoms with Crippen LogP contribution in [0.4, 0.5) is 21.9 Å². The largest absolute Gasteiger partial charge is 0.441 e. The molecule has 1 aliphatic rings. The highest BCUT2D eigenvalue weighted by molar-refractivity contribution is 6.06. The van der Waals surface area contributed by atoms with E-state index in [4.69, 9.17) is 15.2 Å². The molecule has 0 radical (unpaired) electrons. The quantitative estimate of drug-likeness (QED) is 0.514. The summed E-state index contributed by atoms with van der Waals surface area (Å²) < 4.78 is 11.1. The number of nitrogens with one attached hydrogen (secondary N) is 1. The first-order valence-corrected chi connectivity index (χ1v) is 9.96. The number of nitrogens with two attached hydrogens (primary N) is 1. The van der Waals surface area contributed by atoms with E-state index < -0.39 is 6.09 Å². The summed E-state index contributed by atoms with van der Waals surface area (Å²) in [7, 11) is 0. The monoisotopic (exact) mass is 453 g/mol. The third kappa shape index (κ3) is 5.57. The zero-order valence-electron chi connectivity index (χ0n) is 17.3. The van der Waals surface area contributed by atoms with E-state index in [1.165, 1.54) is 4.90 Å². The Kier molecular flexibility index (Phi) is 7.70. The van der Waals surface area contributed by atoms with E-state index in [1.54, 1.807) is 48.5 Å². The Morgan fingerprint density at radius 2 is 1.72 bits per heavy atom. The van der Waals surface area contributed by atoms with Gasteiger partial charge in [-0.3, -0.25) is 9.69 Å². The molecule has 1 aliphatic heterocycles. The standard InChI is InChI=1S/C24H23N3O4.ClH/c25-21-8-4-5-9-22(21)26-23(28)18-10-12-19(13-11-18)27-14-20(31-24(27)29)16-30-15-17-6-2-1-3-7-17;/h1-13,20H,14-16,25H2,(H,26,28);1H. The maximum absolute atomic E-state index is 12.5. The van der Waals surface area contributed by atoms with E-state index in [0.717, 1.165) is 5.56 Å². The molecule has 1 heterocycles. The number of ether oxygens (including phenoxy) is 2. The number of hydrogen-bond acceptors (Lipinski definition) is 5. The van der Waals surface area contributed by atoms with E-state index in [-0.39, 0.29) is 24.4 Å². The number of nitrogen functional groups attached to an aromatic ring is 1. The molecule has 166 valence electrons. The van der Waals surface area contributed by atoms with Gasteiger partial charge in [0.05, 0.1) is 31.1 Å². The first-order chi connectivity index (χ1) is 15.1. The van der Waals surface area contributed by atoms with Crippen molar-refractivity contribution in [3.05, 3.63) is 90.0 Å². The molecular formula is C24H24ClN3O4. The highest BCUT2D eigenvalue weighted by atomic mass is 35.5. The summed E-state index contributed by atoms with van der Waals surface area (Å²) >= 11 is 0. The molecular weight excluding hydrogens is 430 g/mol. The van der Waals surface area contributed by atoms with Crippen LogP contribution in [0.2, 0.25) is 0 Å². The van der Waals surface area contributed by atoms with Crippen LogP contribution in [0.15, 0.2) is 78.9 Å². The summed E-state index contributed by atoms with van der Waals surface area (Å²) in [6.45, 7) is 1.17. The van der Waals surface area contributed by atoms with Gasteiger partial charge in [0.1, 0.15) is 6.10 Å². The third-order valence-electron chi connectivity index (χ3n) is 4.94. The van der Waals surface area contributed by atoms with Gasteiger partial charge in [-0.2, -0.15) is 0 Å². The molecule has 3 aromatic rings. The van der Waals surface area contributed by atoms with Gasteiger partial charge in [0.15, 0.2) is 0 Å². The Labute approximate surface area is 192 Å². The van der Waals surface area contributed by atoms with Crippen LogP contribution in [-0.4, -0.2) is 31.3 Å². The lowest BCUT2D eigenvalue weighted by Crippen LogP contribution is -2.26. The molecule has 0 aromatic heterocycles. The van der Waals surface area contributed by atoms with Gasteiger partial charge >= 0.3 is 6.09 Å². The molecule has 1 saturated heterocycles. The Morgan fingerprint density at radius 1 is 1.03 bits per heavy atom. The van der Waals surface area contributed by atoms with E-state index >= 15 is 0 Å². The molecule has 1 atom stereocenters. The molecule has 0 spiro atoms. The maximum atomic E-state index is 12.5. The molecule has 8 heteroatoms. The number of carbonyl (C=O) groups is 2. The summed E-state index contributed by atoms with van der Waals surface area (Å²) in [5.41, 5.74) is 9.10. The van der Waals surface area contributed by atoms with Gasteiger partial charge in [-0.25, -0.2) is 4.79 Å². The molecule has 0 saturated carbocycles. The lowest BCUT2D eigenvalue weighted by molar-refractivity contribution is 0.0381. The summed E-state index contributed by atoms with van der Waals surface area (Å²) in [5.74, 6) is -0.277. The molecule has 4 rings (SSSR count). The van der Waals surface area contributed by atoms with Crippen LogP contribution >= 0.6 is 12.4 Å². The molecule has 1 fully saturated rings. The van der Waals surface area contributed by atoms with E-state index in [0.29, 0.717) is 42.4 Å². The van der Waals surface area contributed by atoms with Crippen LogP contribution in [0.5, 0.6) is 0 Å². The summed E-state index contributed by atoms with van der Waals surface area (Å²) in [6, 6.07) is 23.6. The number of carbonyl (C=O) groups excluding carboxylic acids is 2. The van der Waals surface area contributed by atoms with Gasteiger partial charge in [-0.1, -0.05) is 42.5 Å². The van der Waals surface area contributed by atoms with Gasteiger partial charge in [0, 0.05) is 11.3 Å². The fraction of sp³-hybridized carbons (Fsp3) is 0.167. The molecule has 1 unspecified atom stereocenters. The number of benzene rings is 3. The number of cyclic esters (lactones) is 1. The van der Waals surface area contributed by atoms with Gasteiger partial charge < -0.3 is 20.5 Å². The number of rotatable bonds is 7. The minimum absolute atomic E-state index is 0. The van der Waals surface area contributed by atoms with Crippen molar-refractivity contribution in [3.8, 4) is 0 Å². The van der Waals surface area contributed by atoms with Crippen LogP contribution in [0, 0.1) is 0 Å². The number of halogens is 1. The van der Waals surface area contributed by atoms with Crippen molar-refractivity contribution in [1.82, 2.24) is 0 Å². The second-order valence-corrected chi connectivity index (χ2v) is 7.21. The Bertz CT molecular complexity index is 1060. The number of amides is 2. The normalized spacial score (nSPS) is 15.1. The second-order valence-electron chi connectivity index (χ2n) is 7.21. The van der Waals surface area contributed by atoms with Gasteiger partial charge in [0.25, 0.3) is 5.91 Å². The topological polar surface area (TPSA) is 93.9 Å². The van der Waals surface area contributed by atoms with E-state index in [1.807, 2.05) is 30.3 Å². The van der Waals surface area contributed by atoms with Crippen molar-refractivity contribution < 1.29 is 19.1 Å². The molecule has 7 nitrogen and oxygen atoms in total. The first kappa shape index (κ1) is 23.1. The zero-order valence-corrected chi connectivity index (χ0v) is 18.1. The lowest BCUT2D eigenvalue weighted by Gasteiger charge is -2.14. The molecule has 0 bridgehead atoms. The van der Waals surface area contributed by atoms with Crippen LogP contribution in [-0.2, 0) is 16.1 Å². The SMILES string of the molecule is Cl.Nc1ccccc1NC(=O)c1ccc(N2CC(COCc3ccccc3)OC2=O)cc1. The number of anilines is 3. The van der Waals surface area contributed by atoms with Crippen molar-refractivity contribution in [2.45, 2.75) is 12.7 Å².